The van der Waals surface area contributed by atoms with Crippen LogP contribution in [-0.4, -0.2) is 4.57 Å². The van der Waals surface area contributed by atoms with Crippen LogP contribution in [0, 0.1) is 0 Å². The zero-order chi connectivity index (χ0) is 31.3. The summed E-state index contributed by atoms with van der Waals surface area (Å²) in [5, 5.41) is 4.77. The highest BCUT2D eigenvalue weighted by molar-refractivity contribution is 6.12. The van der Waals surface area contributed by atoms with Crippen molar-refractivity contribution >= 4 is 43.7 Å². The molecule has 0 fully saturated rings. The molecule has 0 bridgehead atoms. The number of hydrogen-bond acceptors (Lipinski definition) is 1. The monoisotopic (exact) mass is 601 g/mol. The molecule has 2 heteroatoms. The second kappa shape index (κ2) is 9.57. The second-order valence-corrected chi connectivity index (χ2v) is 13.3. The molecule has 9 aromatic rings. The van der Waals surface area contributed by atoms with Gasteiger partial charge in [0.2, 0.25) is 0 Å². The largest absolute Gasteiger partial charge is 0.456 e. The molecule has 2 heterocycles. The van der Waals surface area contributed by atoms with E-state index in [2.05, 4.69) is 158 Å². The highest BCUT2D eigenvalue weighted by Crippen LogP contribution is 2.50. The molecule has 10 rings (SSSR count). The van der Waals surface area contributed by atoms with Crippen LogP contribution in [0.2, 0.25) is 0 Å². The molecule has 2 nitrogen and oxygen atoms in total. The molecule has 0 spiro atoms. The smallest absolute Gasteiger partial charge is 0.135 e. The standard InChI is InChI=1S/C45H31NO/c1-45(2)39-16-8-5-13-33(39)34-22-19-29(26-40(34)45)32-12-4-3-11-31(32)28-20-23-42-37(25-28)35-14-6-9-17-41(35)46(42)30-21-24-44-38(27-30)36-15-7-10-18-43(36)47-44/h3-27H,1-2H3. The summed E-state index contributed by atoms with van der Waals surface area (Å²) in [7, 11) is 0. The van der Waals surface area contributed by atoms with Crippen LogP contribution in [-0.2, 0) is 5.41 Å². The third-order valence-electron chi connectivity index (χ3n) is 10.4. The number of para-hydroxylation sites is 2. The molecule has 0 atom stereocenters. The molecule has 0 amide bonds. The molecular weight excluding hydrogens is 571 g/mol. The van der Waals surface area contributed by atoms with Crippen molar-refractivity contribution in [3.63, 3.8) is 0 Å². The van der Waals surface area contributed by atoms with Crippen LogP contribution in [0.3, 0.4) is 0 Å². The van der Waals surface area contributed by atoms with Crippen molar-refractivity contribution in [2.24, 2.45) is 0 Å². The van der Waals surface area contributed by atoms with Crippen molar-refractivity contribution in [1.29, 1.82) is 0 Å². The van der Waals surface area contributed by atoms with Gasteiger partial charge in [0, 0.05) is 32.6 Å². The first kappa shape index (κ1) is 26.4. The van der Waals surface area contributed by atoms with E-state index in [4.69, 9.17) is 4.42 Å². The third kappa shape index (κ3) is 3.73. The summed E-state index contributed by atoms with van der Waals surface area (Å²) >= 11 is 0. The summed E-state index contributed by atoms with van der Waals surface area (Å²) in [5.41, 5.74) is 15.8. The fourth-order valence-corrected chi connectivity index (χ4v) is 8.13. The number of fused-ring (bicyclic) bond motifs is 9. The summed E-state index contributed by atoms with van der Waals surface area (Å²) in [6, 6.07) is 55.3. The third-order valence-corrected chi connectivity index (χ3v) is 10.4. The number of furan rings is 1. The lowest BCUT2D eigenvalue weighted by molar-refractivity contribution is 0.660. The molecule has 2 aromatic heterocycles. The fourth-order valence-electron chi connectivity index (χ4n) is 8.13. The van der Waals surface area contributed by atoms with Crippen molar-refractivity contribution < 1.29 is 4.42 Å². The first-order valence-corrected chi connectivity index (χ1v) is 16.4. The summed E-state index contributed by atoms with van der Waals surface area (Å²) < 4.78 is 8.55. The fraction of sp³-hybridized carbons (Fsp3) is 0.0667. The summed E-state index contributed by atoms with van der Waals surface area (Å²) in [4.78, 5) is 0. The van der Waals surface area contributed by atoms with Crippen molar-refractivity contribution in [1.82, 2.24) is 4.57 Å². The van der Waals surface area contributed by atoms with Crippen LogP contribution in [0.4, 0.5) is 0 Å². The van der Waals surface area contributed by atoms with Gasteiger partial charge in [0.1, 0.15) is 11.2 Å². The highest BCUT2D eigenvalue weighted by atomic mass is 16.3. The number of nitrogens with zero attached hydrogens (tertiary/aromatic N) is 1. The van der Waals surface area contributed by atoms with Gasteiger partial charge in [-0.3, -0.25) is 0 Å². The minimum absolute atomic E-state index is 0.0383. The highest BCUT2D eigenvalue weighted by Gasteiger charge is 2.35. The van der Waals surface area contributed by atoms with Gasteiger partial charge in [-0.25, -0.2) is 0 Å². The van der Waals surface area contributed by atoms with E-state index in [1.54, 1.807) is 0 Å². The number of aromatic nitrogens is 1. The Labute approximate surface area is 273 Å². The predicted octanol–water partition coefficient (Wildman–Crippen LogP) is 12.3. The van der Waals surface area contributed by atoms with Crippen molar-refractivity contribution in [2.75, 3.05) is 0 Å². The lowest BCUT2D eigenvalue weighted by atomic mass is 9.81. The molecule has 0 unspecified atom stereocenters. The molecular formula is C45H31NO. The zero-order valence-electron chi connectivity index (χ0n) is 26.3. The lowest BCUT2D eigenvalue weighted by Crippen LogP contribution is -2.14. The summed E-state index contributed by atoms with van der Waals surface area (Å²) in [5.74, 6) is 0. The number of rotatable bonds is 3. The Hall–Kier alpha value is -5.86. The molecule has 0 aliphatic heterocycles. The number of hydrogen-bond donors (Lipinski definition) is 0. The van der Waals surface area contributed by atoms with Crippen LogP contribution < -0.4 is 0 Å². The van der Waals surface area contributed by atoms with Gasteiger partial charge in [0.05, 0.1) is 11.0 Å². The topological polar surface area (TPSA) is 18.1 Å². The first-order chi connectivity index (χ1) is 23.1. The van der Waals surface area contributed by atoms with E-state index >= 15 is 0 Å². The van der Waals surface area contributed by atoms with Gasteiger partial charge in [-0.15, -0.1) is 0 Å². The Morgan fingerprint density at radius 2 is 1.04 bits per heavy atom. The van der Waals surface area contributed by atoms with Crippen LogP contribution in [0.25, 0.3) is 82.8 Å². The van der Waals surface area contributed by atoms with Crippen LogP contribution in [0.1, 0.15) is 25.0 Å². The van der Waals surface area contributed by atoms with Crippen LogP contribution >= 0.6 is 0 Å². The average Bonchev–Trinajstić information content (AvgIpc) is 3.73. The summed E-state index contributed by atoms with van der Waals surface area (Å²) in [6.07, 6.45) is 0. The molecule has 0 saturated carbocycles. The molecule has 222 valence electrons. The van der Waals surface area contributed by atoms with Gasteiger partial charge in [0.15, 0.2) is 0 Å². The predicted molar refractivity (Wildman–Crippen MR) is 196 cm³/mol. The average molecular weight is 602 g/mol. The van der Waals surface area contributed by atoms with E-state index in [9.17, 15) is 0 Å². The SMILES string of the molecule is CC1(C)c2ccccc2-c2ccc(-c3ccccc3-c3ccc4c(c3)c3ccccc3n4-c3ccc4oc5ccccc5c4c3)cc21. The van der Waals surface area contributed by atoms with E-state index < -0.39 is 0 Å². The van der Waals surface area contributed by atoms with Gasteiger partial charge in [-0.05, 0) is 93.0 Å². The van der Waals surface area contributed by atoms with Crippen LogP contribution in [0.5, 0.6) is 0 Å². The van der Waals surface area contributed by atoms with E-state index in [0.29, 0.717) is 0 Å². The molecule has 0 radical (unpaired) electrons. The van der Waals surface area contributed by atoms with Crippen molar-refractivity contribution in [2.45, 2.75) is 19.3 Å². The molecule has 1 aliphatic rings. The Morgan fingerprint density at radius 1 is 0.426 bits per heavy atom. The van der Waals surface area contributed by atoms with Gasteiger partial charge in [-0.2, -0.15) is 0 Å². The molecule has 47 heavy (non-hydrogen) atoms. The van der Waals surface area contributed by atoms with E-state index in [-0.39, 0.29) is 5.41 Å². The normalized spacial score (nSPS) is 13.5. The maximum atomic E-state index is 6.16. The molecule has 0 saturated heterocycles. The van der Waals surface area contributed by atoms with E-state index in [1.807, 2.05) is 12.1 Å². The molecule has 1 aliphatic carbocycles. The zero-order valence-corrected chi connectivity index (χ0v) is 26.3. The second-order valence-electron chi connectivity index (χ2n) is 13.3. The minimum Gasteiger partial charge on any atom is -0.456 e. The van der Waals surface area contributed by atoms with Crippen molar-refractivity contribution in [3.05, 3.63) is 163 Å². The van der Waals surface area contributed by atoms with Gasteiger partial charge >= 0.3 is 0 Å². The lowest BCUT2D eigenvalue weighted by Gasteiger charge is -2.22. The Balaban J connectivity index is 1.14. The van der Waals surface area contributed by atoms with Gasteiger partial charge in [0.25, 0.3) is 0 Å². The van der Waals surface area contributed by atoms with Gasteiger partial charge < -0.3 is 8.98 Å². The Bertz CT molecular complexity index is 2720. The Kier molecular flexibility index (Phi) is 5.37. The maximum Gasteiger partial charge on any atom is 0.135 e. The first-order valence-electron chi connectivity index (χ1n) is 16.4. The molecule has 7 aromatic carbocycles. The van der Waals surface area contributed by atoms with E-state index in [1.165, 1.54) is 66.3 Å². The number of benzene rings is 7. The van der Waals surface area contributed by atoms with Crippen LogP contribution in [0.15, 0.2) is 156 Å². The van der Waals surface area contributed by atoms with E-state index in [0.717, 1.165) is 27.6 Å². The Morgan fingerprint density at radius 3 is 1.89 bits per heavy atom. The van der Waals surface area contributed by atoms with Crippen molar-refractivity contribution in [3.8, 4) is 39.1 Å². The van der Waals surface area contributed by atoms with Gasteiger partial charge in [-0.1, -0.05) is 117 Å². The maximum absolute atomic E-state index is 6.16. The minimum atomic E-state index is -0.0383. The summed E-state index contributed by atoms with van der Waals surface area (Å²) in [6.45, 7) is 4.70. The molecule has 0 N–H and O–H groups in total. The quantitative estimate of drug-likeness (QED) is 0.197.